The minimum absolute atomic E-state index is 0.310. The molecule has 1 aromatic heterocycles. The summed E-state index contributed by atoms with van der Waals surface area (Å²) in [5.41, 5.74) is 8.23. The fourth-order valence-electron chi connectivity index (χ4n) is 1.99. The van der Waals surface area contributed by atoms with Crippen molar-refractivity contribution < 1.29 is 0 Å². The van der Waals surface area contributed by atoms with Gasteiger partial charge in [0.2, 0.25) is 0 Å². The Morgan fingerprint density at radius 3 is 3.08 bits per heavy atom. The highest BCUT2D eigenvalue weighted by atomic mass is 15.2. The maximum atomic E-state index is 5.73. The number of nitrogens with two attached hydrogens (primary N) is 1. The third-order valence-corrected chi connectivity index (χ3v) is 2.86. The molecular weight excluding hydrogens is 164 g/mol. The van der Waals surface area contributed by atoms with E-state index in [9.17, 15) is 0 Å². The van der Waals surface area contributed by atoms with Crippen LogP contribution in [0.4, 0.5) is 0 Å². The Hall–Kier alpha value is -0.870. The number of likely N-dealkylation sites (N-methyl/N-ethyl adjacent to an activating group) is 1. The Kier molecular flexibility index (Phi) is 2.09. The third-order valence-electron chi connectivity index (χ3n) is 2.86. The summed E-state index contributed by atoms with van der Waals surface area (Å²) >= 11 is 0. The molecular formula is C9H16N4. The Labute approximate surface area is 78.4 Å². The van der Waals surface area contributed by atoms with Gasteiger partial charge in [0, 0.05) is 32.3 Å². The molecule has 1 aliphatic rings. The monoisotopic (exact) mass is 180 g/mol. The maximum Gasteiger partial charge on any atom is 0.0949 e. The standard InChI is InChI=1S/C9H16N4/c1-12-4-3-7-9(8(12)5-10)11-6-13(7)2/h6,8H,3-5,10H2,1-2H3. The van der Waals surface area contributed by atoms with Crippen LogP contribution in [0.3, 0.4) is 0 Å². The number of hydrogen-bond acceptors (Lipinski definition) is 3. The van der Waals surface area contributed by atoms with E-state index in [1.807, 2.05) is 13.4 Å². The van der Waals surface area contributed by atoms with Gasteiger partial charge in [-0.1, -0.05) is 0 Å². The molecule has 0 amide bonds. The number of fused-ring (bicyclic) bond motifs is 1. The molecule has 0 fully saturated rings. The highest BCUT2D eigenvalue weighted by molar-refractivity contribution is 5.21. The van der Waals surface area contributed by atoms with Crippen LogP contribution in [-0.4, -0.2) is 34.6 Å². The average molecular weight is 180 g/mol. The van der Waals surface area contributed by atoms with Gasteiger partial charge in [0.25, 0.3) is 0 Å². The van der Waals surface area contributed by atoms with Crippen molar-refractivity contribution in [2.24, 2.45) is 12.8 Å². The van der Waals surface area contributed by atoms with Gasteiger partial charge in [-0.05, 0) is 7.05 Å². The highest BCUT2D eigenvalue weighted by Crippen LogP contribution is 2.25. The molecule has 4 nitrogen and oxygen atoms in total. The van der Waals surface area contributed by atoms with Crippen molar-refractivity contribution in [2.75, 3.05) is 20.1 Å². The first-order valence-electron chi connectivity index (χ1n) is 4.64. The minimum Gasteiger partial charge on any atom is -0.337 e. The van der Waals surface area contributed by atoms with Crippen LogP contribution < -0.4 is 5.73 Å². The van der Waals surface area contributed by atoms with Gasteiger partial charge in [-0.25, -0.2) is 4.98 Å². The van der Waals surface area contributed by atoms with E-state index in [0.29, 0.717) is 12.6 Å². The second kappa shape index (κ2) is 3.12. The van der Waals surface area contributed by atoms with Gasteiger partial charge in [0.15, 0.2) is 0 Å². The van der Waals surface area contributed by atoms with Gasteiger partial charge in [-0.3, -0.25) is 4.90 Å². The molecule has 0 saturated heterocycles. The number of aromatic nitrogens is 2. The van der Waals surface area contributed by atoms with E-state index in [-0.39, 0.29) is 0 Å². The first-order chi connectivity index (χ1) is 6.24. The van der Waals surface area contributed by atoms with Crippen molar-refractivity contribution in [2.45, 2.75) is 12.5 Å². The lowest BCUT2D eigenvalue weighted by Crippen LogP contribution is -2.37. The second-order valence-corrected chi connectivity index (χ2v) is 3.67. The molecule has 0 aliphatic carbocycles. The minimum atomic E-state index is 0.310. The first kappa shape index (κ1) is 8.72. The molecule has 1 unspecified atom stereocenters. The quantitative estimate of drug-likeness (QED) is 0.657. The van der Waals surface area contributed by atoms with E-state index in [1.165, 1.54) is 11.4 Å². The van der Waals surface area contributed by atoms with Gasteiger partial charge in [-0.2, -0.15) is 0 Å². The Morgan fingerprint density at radius 2 is 2.38 bits per heavy atom. The molecule has 13 heavy (non-hydrogen) atoms. The predicted octanol–water partition coefficient (Wildman–Crippen LogP) is -0.0922. The molecule has 2 heterocycles. The lowest BCUT2D eigenvalue weighted by atomic mass is 10.0. The zero-order chi connectivity index (χ0) is 9.42. The van der Waals surface area contributed by atoms with E-state index in [2.05, 4.69) is 21.5 Å². The lowest BCUT2D eigenvalue weighted by Gasteiger charge is -2.31. The van der Waals surface area contributed by atoms with Crippen molar-refractivity contribution >= 4 is 0 Å². The van der Waals surface area contributed by atoms with Gasteiger partial charge >= 0.3 is 0 Å². The highest BCUT2D eigenvalue weighted by Gasteiger charge is 2.26. The maximum absolute atomic E-state index is 5.73. The first-order valence-corrected chi connectivity index (χ1v) is 4.64. The molecule has 2 rings (SSSR count). The molecule has 0 aromatic carbocycles. The summed E-state index contributed by atoms with van der Waals surface area (Å²) in [6, 6.07) is 0.310. The lowest BCUT2D eigenvalue weighted by molar-refractivity contribution is 0.230. The van der Waals surface area contributed by atoms with Crippen LogP contribution in [0.15, 0.2) is 6.33 Å². The Morgan fingerprint density at radius 1 is 1.62 bits per heavy atom. The zero-order valence-electron chi connectivity index (χ0n) is 8.20. The summed E-state index contributed by atoms with van der Waals surface area (Å²) in [7, 11) is 4.15. The molecule has 0 bridgehead atoms. The third kappa shape index (κ3) is 1.26. The van der Waals surface area contributed by atoms with Crippen molar-refractivity contribution in [3.8, 4) is 0 Å². The number of imidazole rings is 1. The zero-order valence-corrected chi connectivity index (χ0v) is 8.20. The summed E-state index contributed by atoms with van der Waals surface area (Å²) in [6.07, 6.45) is 2.96. The van der Waals surface area contributed by atoms with E-state index in [4.69, 9.17) is 5.73 Å². The van der Waals surface area contributed by atoms with Crippen LogP contribution in [-0.2, 0) is 13.5 Å². The van der Waals surface area contributed by atoms with Gasteiger partial charge < -0.3 is 10.3 Å². The summed E-state index contributed by atoms with van der Waals surface area (Å²) in [6.45, 7) is 1.73. The van der Waals surface area contributed by atoms with Crippen LogP contribution in [0.1, 0.15) is 17.4 Å². The molecule has 0 saturated carbocycles. The fraction of sp³-hybridized carbons (Fsp3) is 0.667. The summed E-state index contributed by atoms with van der Waals surface area (Å²) in [4.78, 5) is 6.67. The number of rotatable bonds is 1. The molecule has 2 N–H and O–H groups in total. The van der Waals surface area contributed by atoms with E-state index in [1.54, 1.807) is 0 Å². The van der Waals surface area contributed by atoms with Crippen molar-refractivity contribution in [3.63, 3.8) is 0 Å². The Bertz CT molecular complexity index is 305. The predicted molar refractivity (Wildman–Crippen MR) is 51.3 cm³/mol. The topological polar surface area (TPSA) is 47.1 Å². The number of aryl methyl sites for hydroxylation is 1. The van der Waals surface area contributed by atoms with Crippen LogP contribution in [0.2, 0.25) is 0 Å². The molecule has 0 radical (unpaired) electrons. The summed E-state index contributed by atoms with van der Waals surface area (Å²) in [5.74, 6) is 0. The van der Waals surface area contributed by atoms with Crippen LogP contribution in [0.25, 0.3) is 0 Å². The van der Waals surface area contributed by atoms with Gasteiger partial charge in [-0.15, -0.1) is 0 Å². The molecule has 1 aliphatic heterocycles. The summed E-state index contributed by atoms with van der Waals surface area (Å²) < 4.78 is 2.10. The number of nitrogens with zero attached hydrogens (tertiary/aromatic N) is 3. The van der Waals surface area contributed by atoms with Crippen LogP contribution in [0.5, 0.6) is 0 Å². The SMILES string of the molecule is CN1CCc2c(ncn2C)C1CN. The van der Waals surface area contributed by atoms with Gasteiger partial charge in [0.1, 0.15) is 0 Å². The van der Waals surface area contributed by atoms with E-state index < -0.39 is 0 Å². The smallest absolute Gasteiger partial charge is 0.0949 e. The van der Waals surface area contributed by atoms with E-state index >= 15 is 0 Å². The van der Waals surface area contributed by atoms with E-state index in [0.717, 1.165) is 13.0 Å². The summed E-state index contributed by atoms with van der Waals surface area (Å²) in [5, 5.41) is 0. The molecule has 1 aromatic rings. The van der Waals surface area contributed by atoms with Crippen LogP contribution >= 0.6 is 0 Å². The fourth-order valence-corrected chi connectivity index (χ4v) is 1.99. The van der Waals surface area contributed by atoms with Crippen molar-refractivity contribution in [3.05, 3.63) is 17.7 Å². The average Bonchev–Trinajstić information content (AvgIpc) is 2.48. The van der Waals surface area contributed by atoms with Gasteiger partial charge in [0.05, 0.1) is 18.1 Å². The number of hydrogen-bond donors (Lipinski definition) is 1. The second-order valence-electron chi connectivity index (χ2n) is 3.67. The molecule has 0 spiro atoms. The normalized spacial score (nSPS) is 23.2. The Balaban J connectivity index is 2.40. The molecule has 72 valence electrons. The van der Waals surface area contributed by atoms with Crippen molar-refractivity contribution in [1.82, 2.24) is 14.5 Å². The molecule has 1 atom stereocenters. The van der Waals surface area contributed by atoms with Crippen molar-refractivity contribution in [1.29, 1.82) is 0 Å². The largest absolute Gasteiger partial charge is 0.337 e. The molecule has 4 heteroatoms. The van der Waals surface area contributed by atoms with Crippen LogP contribution in [0, 0.1) is 0 Å².